The van der Waals surface area contributed by atoms with Crippen molar-refractivity contribution < 1.29 is 0 Å². The fraction of sp³-hybridized carbons (Fsp3) is 0.125. The van der Waals surface area contributed by atoms with Crippen molar-refractivity contribution in [2.75, 3.05) is 0 Å². The highest BCUT2D eigenvalue weighted by molar-refractivity contribution is 5.35. The predicted molar refractivity (Wildman–Crippen MR) is 34.4 cm³/mol. The first-order chi connectivity index (χ1) is 3.91. The fourth-order valence-corrected chi connectivity index (χ4v) is 0.169. The summed E-state index contributed by atoms with van der Waals surface area (Å²) in [4.78, 5) is 0. The van der Waals surface area contributed by atoms with Gasteiger partial charge in [0, 0.05) is 6.92 Å². The lowest BCUT2D eigenvalue weighted by Gasteiger charge is -1.51. The molecule has 1 radical (unpaired) electrons. The van der Waals surface area contributed by atoms with Gasteiger partial charge in [-0.25, -0.2) is 0 Å². The summed E-state index contributed by atoms with van der Waals surface area (Å²) in [7, 11) is 0. The molecular weight excluding hydrogens is 96.1 g/mol. The molecule has 8 heavy (non-hydrogen) atoms. The molecule has 0 atom stereocenters. The summed E-state index contributed by atoms with van der Waals surface area (Å²) in [6.07, 6.45) is 0. The topological polar surface area (TPSA) is 0 Å². The molecule has 0 N–H and O–H groups in total. The summed E-state index contributed by atoms with van der Waals surface area (Å²) in [6, 6.07) is 0. The molecule has 0 amide bonds. The van der Waals surface area contributed by atoms with Crippen molar-refractivity contribution in [2.45, 2.75) is 6.92 Å². The van der Waals surface area contributed by atoms with Crippen molar-refractivity contribution in [3.8, 4) is 35.5 Å². The van der Waals surface area contributed by atoms with Crippen LogP contribution in [0.2, 0.25) is 0 Å². The Hall–Kier alpha value is -1.32. The van der Waals surface area contributed by atoms with Crippen molar-refractivity contribution in [3.05, 3.63) is 6.92 Å². The number of rotatable bonds is 0. The lowest BCUT2D eigenvalue weighted by Crippen LogP contribution is -1.48. The zero-order valence-corrected chi connectivity index (χ0v) is 4.71. The van der Waals surface area contributed by atoms with Gasteiger partial charge >= 0.3 is 0 Å². The first kappa shape index (κ1) is 6.68. The maximum atomic E-state index is 3.27. The van der Waals surface area contributed by atoms with Gasteiger partial charge in [-0.15, -0.1) is 0 Å². The molecule has 0 aliphatic rings. The monoisotopic (exact) mass is 101 g/mol. The minimum atomic E-state index is 1.73. The van der Waals surface area contributed by atoms with Gasteiger partial charge < -0.3 is 0 Å². The molecule has 0 aliphatic heterocycles. The van der Waals surface area contributed by atoms with Gasteiger partial charge in [0.25, 0.3) is 0 Å². The molecule has 0 bridgehead atoms. The van der Waals surface area contributed by atoms with E-state index in [4.69, 9.17) is 0 Å². The van der Waals surface area contributed by atoms with Crippen LogP contribution in [0.5, 0.6) is 0 Å². The highest BCUT2D eigenvalue weighted by Crippen LogP contribution is 1.51. The third kappa shape index (κ3) is 4.68. The van der Waals surface area contributed by atoms with Gasteiger partial charge in [0.15, 0.2) is 0 Å². The third-order valence-corrected chi connectivity index (χ3v) is 0.401. The van der Waals surface area contributed by atoms with E-state index in [9.17, 15) is 0 Å². The second-order valence-corrected chi connectivity index (χ2v) is 0.927. The van der Waals surface area contributed by atoms with Gasteiger partial charge in [-0.1, -0.05) is 11.8 Å². The summed E-state index contributed by atoms with van der Waals surface area (Å²) in [5, 5.41) is 0. The van der Waals surface area contributed by atoms with E-state index in [1.165, 1.54) is 0 Å². The molecule has 0 unspecified atom stereocenters. The van der Waals surface area contributed by atoms with Gasteiger partial charge in [0.05, 0.1) is 0 Å². The van der Waals surface area contributed by atoms with Gasteiger partial charge in [0.2, 0.25) is 0 Å². The molecule has 0 nitrogen and oxygen atoms in total. The lowest BCUT2D eigenvalue weighted by atomic mass is 10.5. The number of hydrogen-bond acceptors (Lipinski definition) is 0. The summed E-state index contributed by atoms with van der Waals surface area (Å²) in [5.41, 5.74) is 0. The Kier molecular flexibility index (Phi) is 4.74. The highest BCUT2D eigenvalue weighted by atomic mass is 13.5. The smallest absolute Gasteiger partial charge is 0.0209 e. The molecule has 0 fully saturated rings. The summed E-state index contributed by atoms with van der Waals surface area (Å²) in [5.74, 6) is 15.0. The average Bonchev–Trinajstić information content (AvgIpc) is 1.81. The zero-order chi connectivity index (χ0) is 6.24. The van der Waals surface area contributed by atoms with Gasteiger partial charge in [-0.05, 0) is 30.6 Å². The van der Waals surface area contributed by atoms with E-state index in [0.29, 0.717) is 0 Å². The van der Waals surface area contributed by atoms with E-state index in [0.717, 1.165) is 0 Å². The number of hydrogen-bond donors (Lipinski definition) is 0. The van der Waals surface area contributed by atoms with Crippen LogP contribution < -0.4 is 0 Å². The first-order valence-corrected chi connectivity index (χ1v) is 2.10. The fourth-order valence-electron chi connectivity index (χ4n) is 0.169. The SMILES string of the molecule is [CH2]C#CC#CC#CC. The average molecular weight is 101 g/mol. The van der Waals surface area contributed by atoms with Crippen LogP contribution in [-0.2, 0) is 0 Å². The van der Waals surface area contributed by atoms with Crippen LogP contribution in [0, 0.1) is 42.4 Å². The Bertz CT molecular complexity index is 190. The van der Waals surface area contributed by atoms with Crippen LogP contribution in [0.15, 0.2) is 0 Å². The van der Waals surface area contributed by atoms with Crippen LogP contribution in [0.3, 0.4) is 0 Å². The van der Waals surface area contributed by atoms with Crippen molar-refractivity contribution in [1.82, 2.24) is 0 Å². The Morgan fingerprint density at radius 2 is 1.62 bits per heavy atom. The molecule has 0 saturated heterocycles. The van der Waals surface area contributed by atoms with E-state index in [2.05, 4.69) is 42.4 Å². The van der Waals surface area contributed by atoms with E-state index in [1.807, 2.05) is 0 Å². The quantitative estimate of drug-likeness (QED) is 0.397. The molecule has 0 heterocycles. The van der Waals surface area contributed by atoms with E-state index in [-0.39, 0.29) is 0 Å². The van der Waals surface area contributed by atoms with Gasteiger partial charge in [-0.2, -0.15) is 0 Å². The van der Waals surface area contributed by atoms with E-state index < -0.39 is 0 Å². The predicted octanol–water partition coefficient (Wildman–Crippen LogP) is 0.851. The third-order valence-electron chi connectivity index (χ3n) is 0.401. The molecule has 0 rings (SSSR count). The molecule has 0 aliphatic carbocycles. The summed E-state index contributed by atoms with van der Waals surface area (Å²) < 4.78 is 0. The molecule has 0 aromatic carbocycles. The molecule has 0 aromatic heterocycles. The van der Waals surface area contributed by atoms with Crippen LogP contribution in [0.25, 0.3) is 0 Å². The van der Waals surface area contributed by atoms with Crippen LogP contribution in [0.1, 0.15) is 6.92 Å². The minimum absolute atomic E-state index is 1.73. The van der Waals surface area contributed by atoms with Crippen LogP contribution in [-0.4, -0.2) is 0 Å². The maximum Gasteiger partial charge on any atom is 0.0209 e. The maximum absolute atomic E-state index is 3.27. The van der Waals surface area contributed by atoms with Crippen molar-refractivity contribution in [1.29, 1.82) is 0 Å². The van der Waals surface area contributed by atoms with E-state index in [1.54, 1.807) is 6.92 Å². The summed E-state index contributed by atoms with van der Waals surface area (Å²) in [6.45, 7) is 5.00. The normalized spacial score (nSPS) is 3.75. The minimum Gasteiger partial charge on any atom is -0.0925 e. The van der Waals surface area contributed by atoms with Crippen molar-refractivity contribution >= 4 is 0 Å². The Morgan fingerprint density at radius 3 is 2.12 bits per heavy atom. The first-order valence-electron chi connectivity index (χ1n) is 2.10. The van der Waals surface area contributed by atoms with Gasteiger partial charge in [-0.3, -0.25) is 0 Å². The molecule has 0 saturated carbocycles. The Balaban J connectivity index is 3.75. The molecule has 0 spiro atoms. The second-order valence-electron chi connectivity index (χ2n) is 0.927. The Morgan fingerprint density at radius 1 is 1.00 bits per heavy atom. The summed E-state index contributed by atoms with van der Waals surface area (Å²) >= 11 is 0. The molecule has 0 aromatic rings. The van der Waals surface area contributed by atoms with Crippen molar-refractivity contribution in [2.24, 2.45) is 0 Å². The molecular formula is C8H5. The second kappa shape index (κ2) is 5.68. The van der Waals surface area contributed by atoms with Crippen LogP contribution in [0.4, 0.5) is 0 Å². The highest BCUT2D eigenvalue weighted by Gasteiger charge is 1.48. The molecule has 37 valence electrons. The largest absolute Gasteiger partial charge is 0.0925 e. The van der Waals surface area contributed by atoms with Crippen molar-refractivity contribution in [3.63, 3.8) is 0 Å². The van der Waals surface area contributed by atoms with Crippen LogP contribution >= 0.6 is 0 Å². The lowest BCUT2D eigenvalue weighted by molar-refractivity contribution is 1.92. The zero-order valence-electron chi connectivity index (χ0n) is 4.71. The Labute approximate surface area is 50.3 Å². The van der Waals surface area contributed by atoms with E-state index >= 15 is 0 Å². The standard InChI is InChI=1S/C8H5/c1-3-5-7-8-6-4-2/h1H2,2H3. The molecule has 0 heteroatoms. The van der Waals surface area contributed by atoms with Gasteiger partial charge in [0.1, 0.15) is 0 Å².